The van der Waals surface area contributed by atoms with E-state index in [-0.39, 0.29) is 12.2 Å². The molecule has 0 bridgehead atoms. The zero-order valence-electron chi connectivity index (χ0n) is 6.82. The van der Waals surface area contributed by atoms with Gasteiger partial charge in [-0.2, -0.15) is 0 Å². The molecule has 1 rings (SSSR count). The highest BCUT2D eigenvalue weighted by molar-refractivity contribution is 5.85. The Hall–Kier alpha value is -1.86. The normalized spacial score (nSPS) is 8.69. The fourth-order valence-corrected chi connectivity index (χ4v) is 0.765. The van der Waals surface area contributed by atoms with Gasteiger partial charge in [0.1, 0.15) is 11.4 Å². The Bertz CT molecular complexity index is 377. The summed E-state index contributed by atoms with van der Waals surface area (Å²) < 4.78 is 0. The van der Waals surface area contributed by atoms with E-state index >= 15 is 0 Å². The lowest BCUT2D eigenvalue weighted by Crippen LogP contribution is -2.01. The first-order valence-corrected chi connectivity index (χ1v) is 3.63. The van der Waals surface area contributed by atoms with E-state index < -0.39 is 5.97 Å². The van der Waals surface area contributed by atoms with Gasteiger partial charge in [0.2, 0.25) is 0 Å². The van der Waals surface area contributed by atoms with Gasteiger partial charge in [-0.25, -0.2) is 9.78 Å². The summed E-state index contributed by atoms with van der Waals surface area (Å²) in [5.41, 5.74) is 5.57. The van der Waals surface area contributed by atoms with Crippen LogP contribution in [0, 0.1) is 11.8 Å². The third kappa shape index (κ3) is 2.58. The van der Waals surface area contributed by atoms with Crippen LogP contribution in [-0.4, -0.2) is 22.6 Å². The summed E-state index contributed by atoms with van der Waals surface area (Å²) in [4.78, 5) is 14.3. The number of aromatic nitrogens is 1. The van der Waals surface area contributed by atoms with Crippen molar-refractivity contribution in [1.29, 1.82) is 0 Å². The molecule has 1 heterocycles. The molecule has 1 aromatic rings. The number of hydrogen-bond acceptors (Lipinski definition) is 3. The summed E-state index contributed by atoms with van der Waals surface area (Å²) >= 11 is 0. The van der Waals surface area contributed by atoms with Crippen molar-refractivity contribution < 1.29 is 9.90 Å². The van der Waals surface area contributed by atoms with E-state index in [1.807, 2.05) is 0 Å². The first-order chi connectivity index (χ1) is 6.24. The molecule has 13 heavy (non-hydrogen) atoms. The summed E-state index contributed by atoms with van der Waals surface area (Å²) in [7, 11) is 0. The molecule has 0 saturated heterocycles. The lowest BCUT2D eigenvalue weighted by Gasteiger charge is -1.92. The van der Waals surface area contributed by atoms with Gasteiger partial charge in [-0.3, -0.25) is 0 Å². The molecule has 0 unspecified atom stereocenters. The Kier molecular flexibility index (Phi) is 3.01. The summed E-state index contributed by atoms with van der Waals surface area (Å²) in [5, 5.41) is 8.60. The Labute approximate surface area is 75.4 Å². The third-order valence-electron chi connectivity index (χ3n) is 1.29. The van der Waals surface area contributed by atoms with Crippen molar-refractivity contribution in [1.82, 2.24) is 4.98 Å². The van der Waals surface area contributed by atoms with E-state index in [0.717, 1.165) is 0 Å². The second kappa shape index (κ2) is 4.24. The number of aromatic carboxylic acids is 1. The quantitative estimate of drug-likeness (QED) is 0.594. The van der Waals surface area contributed by atoms with Crippen LogP contribution in [0.3, 0.4) is 0 Å². The van der Waals surface area contributed by atoms with Crippen LogP contribution in [0.25, 0.3) is 0 Å². The van der Waals surface area contributed by atoms with Crippen LogP contribution in [0.2, 0.25) is 0 Å². The van der Waals surface area contributed by atoms with Gasteiger partial charge in [-0.05, 0) is 18.1 Å². The van der Waals surface area contributed by atoms with Crippen LogP contribution >= 0.6 is 0 Å². The van der Waals surface area contributed by atoms with Gasteiger partial charge in [-0.15, -0.1) is 0 Å². The molecule has 0 atom stereocenters. The highest BCUT2D eigenvalue weighted by Gasteiger charge is 2.02. The minimum Gasteiger partial charge on any atom is -0.477 e. The SMILES string of the molecule is NCC#Cc1cccc(C(=O)O)n1. The Morgan fingerprint density at radius 2 is 2.38 bits per heavy atom. The van der Waals surface area contributed by atoms with Crippen LogP contribution < -0.4 is 5.73 Å². The third-order valence-corrected chi connectivity index (χ3v) is 1.29. The summed E-state index contributed by atoms with van der Waals surface area (Å²) in [6.07, 6.45) is 0. The number of hydrogen-bond donors (Lipinski definition) is 2. The highest BCUT2D eigenvalue weighted by atomic mass is 16.4. The van der Waals surface area contributed by atoms with Crippen molar-refractivity contribution in [2.75, 3.05) is 6.54 Å². The lowest BCUT2D eigenvalue weighted by atomic mass is 10.3. The average Bonchev–Trinajstić information content (AvgIpc) is 2.15. The van der Waals surface area contributed by atoms with Crippen LogP contribution in [0.1, 0.15) is 16.2 Å². The molecule has 0 aromatic carbocycles. The van der Waals surface area contributed by atoms with Crippen LogP contribution in [0.15, 0.2) is 18.2 Å². The lowest BCUT2D eigenvalue weighted by molar-refractivity contribution is 0.0690. The fraction of sp³-hybridized carbons (Fsp3) is 0.111. The molecular formula is C9H8N2O2. The molecule has 0 aliphatic rings. The molecule has 4 heteroatoms. The van der Waals surface area contributed by atoms with E-state index in [1.165, 1.54) is 6.07 Å². The predicted octanol–water partition coefficient (Wildman–Crippen LogP) is 0.0900. The van der Waals surface area contributed by atoms with Crippen molar-refractivity contribution in [3.63, 3.8) is 0 Å². The number of carbonyl (C=O) groups is 1. The van der Waals surface area contributed by atoms with Gasteiger partial charge in [-0.1, -0.05) is 12.0 Å². The molecule has 66 valence electrons. The van der Waals surface area contributed by atoms with Gasteiger partial charge in [0.15, 0.2) is 0 Å². The number of pyridine rings is 1. The maximum Gasteiger partial charge on any atom is 0.354 e. The van der Waals surface area contributed by atoms with E-state index in [1.54, 1.807) is 12.1 Å². The molecule has 3 N–H and O–H groups in total. The first-order valence-electron chi connectivity index (χ1n) is 3.63. The van der Waals surface area contributed by atoms with Crippen LogP contribution in [0.4, 0.5) is 0 Å². The van der Waals surface area contributed by atoms with Crippen molar-refractivity contribution in [2.45, 2.75) is 0 Å². The molecule has 1 aromatic heterocycles. The molecule has 0 fully saturated rings. The Balaban J connectivity index is 2.98. The van der Waals surface area contributed by atoms with Crippen molar-refractivity contribution >= 4 is 5.97 Å². The zero-order chi connectivity index (χ0) is 9.68. The molecule has 4 nitrogen and oxygen atoms in total. The molecule has 0 saturated carbocycles. The van der Waals surface area contributed by atoms with Gasteiger partial charge in [0.25, 0.3) is 0 Å². The van der Waals surface area contributed by atoms with Crippen molar-refractivity contribution in [3.05, 3.63) is 29.6 Å². The first kappa shape index (κ1) is 9.23. The van der Waals surface area contributed by atoms with Gasteiger partial charge >= 0.3 is 5.97 Å². The van der Waals surface area contributed by atoms with E-state index in [0.29, 0.717) is 5.69 Å². The molecule has 0 aliphatic heterocycles. The van der Waals surface area contributed by atoms with Gasteiger partial charge in [0.05, 0.1) is 6.54 Å². The summed E-state index contributed by atoms with van der Waals surface area (Å²) in [6.45, 7) is 0.235. The molecule has 0 amide bonds. The van der Waals surface area contributed by atoms with Crippen molar-refractivity contribution in [2.24, 2.45) is 5.73 Å². The average molecular weight is 176 g/mol. The number of carboxylic acid groups (broad SMARTS) is 1. The van der Waals surface area contributed by atoms with Crippen molar-refractivity contribution in [3.8, 4) is 11.8 Å². The fourth-order valence-electron chi connectivity index (χ4n) is 0.765. The van der Waals surface area contributed by atoms with Gasteiger partial charge < -0.3 is 10.8 Å². The summed E-state index contributed by atoms with van der Waals surface area (Å²) in [5.74, 6) is 4.18. The minimum atomic E-state index is -1.06. The topological polar surface area (TPSA) is 76.2 Å². The minimum absolute atomic E-state index is 0.0104. The highest BCUT2D eigenvalue weighted by Crippen LogP contribution is 1.97. The maximum absolute atomic E-state index is 10.5. The van der Waals surface area contributed by atoms with Gasteiger partial charge in [0, 0.05) is 0 Å². The number of rotatable bonds is 1. The standard InChI is InChI=1S/C9H8N2O2/c10-6-2-4-7-3-1-5-8(11-7)9(12)13/h1,3,5H,6,10H2,(H,12,13). The largest absolute Gasteiger partial charge is 0.477 e. The summed E-state index contributed by atoms with van der Waals surface area (Å²) in [6, 6.07) is 4.64. The predicted molar refractivity (Wildman–Crippen MR) is 47.1 cm³/mol. The number of carboxylic acids is 1. The second-order valence-electron chi connectivity index (χ2n) is 2.22. The second-order valence-corrected chi connectivity index (χ2v) is 2.22. The molecule has 0 spiro atoms. The maximum atomic E-state index is 10.5. The van der Waals surface area contributed by atoms with E-state index in [4.69, 9.17) is 10.8 Å². The monoisotopic (exact) mass is 176 g/mol. The zero-order valence-corrected chi connectivity index (χ0v) is 6.82. The Morgan fingerprint density at radius 1 is 1.62 bits per heavy atom. The van der Waals surface area contributed by atoms with E-state index in [2.05, 4.69) is 16.8 Å². The smallest absolute Gasteiger partial charge is 0.354 e. The molecule has 0 radical (unpaired) electrons. The number of nitrogens with zero attached hydrogens (tertiary/aromatic N) is 1. The van der Waals surface area contributed by atoms with Crippen LogP contribution in [0.5, 0.6) is 0 Å². The van der Waals surface area contributed by atoms with Crippen LogP contribution in [-0.2, 0) is 0 Å². The number of nitrogens with two attached hydrogens (primary N) is 1. The molecular weight excluding hydrogens is 168 g/mol. The Morgan fingerprint density at radius 3 is 3.00 bits per heavy atom. The van der Waals surface area contributed by atoms with E-state index in [9.17, 15) is 4.79 Å². The molecule has 0 aliphatic carbocycles.